The molecule has 2 aliphatic heterocycles. The van der Waals surface area contributed by atoms with Crippen molar-refractivity contribution in [2.75, 3.05) is 63.9 Å². The Kier molecular flexibility index (Phi) is 6.54. The Morgan fingerprint density at radius 1 is 1.00 bits per heavy atom. The van der Waals surface area contributed by atoms with Gasteiger partial charge in [-0.15, -0.1) is 0 Å². The molecule has 3 heterocycles. The first kappa shape index (κ1) is 19.6. The number of carbonyl (C=O) groups excluding carboxylic acids is 1. The predicted octanol–water partition coefficient (Wildman–Crippen LogP) is 2.39. The molecular formula is C23H28N4O2. The van der Waals surface area contributed by atoms with Crippen LogP contribution in [0.3, 0.4) is 0 Å². The summed E-state index contributed by atoms with van der Waals surface area (Å²) in [5.41, 5.74) is 2.84. The predicted molar refractivity (Wildman–Crippen MR) is 115 cm³/mol. The fourth-order valence-corrected chi connectivity index (χ4v) is 3.75. The highest BCUT2D eigenvalue weighted by atomic mass is 16.5. The van der Waals surface area contributed by atoms with Gasteiger partial charge in [-0.3, -0.25) is 14.7 Å². The zero-order valence-corrected chi connectivity index (χ0v) is 16.7. The van der Waals surface area contributed by atoms with Crippen molar-refractivity contribution in [3.63, 3.8) is 0 Å². The molecule has 0 atom stereocenters. The van der Waals surface area contributed by atoms with Gasteiger partial charge in [0.15, 0.2) is 0 Å². The molecule has 0 radical (unpaired) electrons. The van der Waals surface area contributed by atoms with Crippen molar-refractivity contribution in [3.8, 4) is 0 Å². The van der Waals surface area contributed by atoms with Crippen molar-refractivity contribution in [2.45, 2.75) is 0 Å². The number of rotatable bonds is 5. The molecule has 29 heavy (non-hydrogen) atoms. The Morgan fingerprint density at radius 2 is 1.76 bits per heavy atom. The second-order valence-corrected chi connectivity index (χ2v) is 7.40. The van der Waals surface area contributed by atoms with Crippen LogP contribution in [0.15, 0.2) is 54.7 Å². The topological polar surface area (TPSA) is 48.9 Å². The summed E-state index contributed by atoms with van der Waals surface area (Å²) in [5.74, 6) is -0.000153. The van der Waals surface area contributed by atoms with Crippen LogP contribution in [0.2, 0.25) is 0 Å². The summed E-state index contributed by atoms with van der Waals surface area (Å²) >= 11 is 0. The second-order valence-electron chi connectivity index (χ2n) is 7.40. The minimum absolute atomic E-state index is 0.000153. The summed E-state index contributed by atoms with van der Waals surface area (Å²) in [4.78, 5) is 23.6. The highest BCUT2D eigenvalue weighted by Crippen LogP contribution is 2.18. The first-order valence-electron chi connectivity index (χ1n) is 10.3. The van der Waals surface area contributed by atoms with Gasteiger partial charge in [0.1, 0.15) is 5.69 Å². The minimum atomic E-state index is -0.000153. The van der Waals surface area contributed by atoms with E-state index in [-0.39, 0.29) is 5.91 Å². The molecule has 1 aromatic carbocycles. The maximum absolute atomic E-state index is 12.7. The van der Waals surface area contributed by atoms with E-state index < -0.39 is 0 Å². The van der Waals surface area contributed by atoms with Crippen molar-refractivity contribution in [3.05, 3.63) is 66.0 Å². The monoisotopic (exact) mass is 392 g/mol. The van der Waals surface area contributed by atoms with E-state index in [1.807, 2.05) is 23.1 Å². The zero-order valence-electron chi connectivity index (χ0n) is 16.7. The maximum Gasteiger partial charge on any atom is 0.272 e. The molecule has 0 unspecified atom stereocenters. The third-order valence-electron chi connectivity index (χ3n) is 5.47. The van der Waals surface area contributed by atoms with Crippen molar-refractivity contribution >= 4 is 17.7 Å². The fourth-order valence-electron chi connectivity index (χ4n) is 3.75. The lowest BCUT2D eigenvalue weighted by Gasteiger charge is -2.35. The summed E-state index contributed by atoms with van der Waals surface area (Å²) in [6.07, 6.45) is 6.16. The number of nitrogens with zero attached hydrogens (tertiary/aromatic N) is 4. The molecule has 4 rings (SSSR count). The number of ether oxygens (including phenoxy) is 1. The zero-order chi connectivity index (χ0) is 19.9. The Bertz CT molecular complexity index is 826. The Balaban J connectivity index is 1.30. The third-order valence-corrected chi connectivity index (χ3v) is 5.47. The summed E-state index contributed by atoms with van der Waals surface area (Å²) in [7, 11) is 0. The number of hydrogen-bond donors (Lipinski definition) is 0. The minimum Gasteiger partial charge on any atom is -0.378 e. The highest BCUT2D eigenvalue weighted by Gasteiger charge is 2.22. The van der Waals surface area contributed by atoms with Gasteiger partial charge in [-0.1, -0.05) is 42.5 Å². The van der Waals surface area contributed by atoms with Gasteiger partial charge in [0.05, 0.1) is 13.2 Å². The van der Waals surface area contributed by atoms with E-state index in [1.54, 1.807) is 6.20 Å². The van der Waals surface area contributed by atoms with Crippen molar-refractivity contribution in [2.24, 2.45) is 0 Å². The number of amides is 1. The molecule has 152 valence electrons. The number of anilines is 1. The molecular weight excluding hydrogens is 364 g/mol. The van der Waals surface area contributed by atoms with Crippen LogP contribution in [0.4, 0.5) is 5.69 Å². The number of benzene rings is 1. The molecule has 0 N–H and O–H groups in total. The smallest absolute Gasteiger partial charge is 0.272 e. The van der Waals surface area contributed by atoms with Gasteiger partial charge in [-0.05, 0) is 17.7 Å². The van der Waals surface area contributed by atoms with Crippen LogP contribution in [0.1, 0.15) is 16.1 Å². The third kappa shape index (κ3) is 5.22. The van der Waals surface area contributed by atoms with Crippen LogP contribution < -0.4 is 4.90 Å². The fraction of sp³-hybridized carbons (Fsp3) is 0.391. The number of morpholine rings is 1. The van der Waals surface area contributed by atoms with Crippen molar-refractivity contribution in [1.29, 1.82) is 0 Å². The molecule has 1 amide bonds. The first-order chi connectivity index (χ1) is 14.3. The molecule has 6 heteroatoms. The molecule has 6 nitrogen and oxygen atoms in total. The number of aromatic nitrogens is 1. The Hall–Kier alpha value is -2.70. The lowest BCUT2D eigenvalue weighted by atomic mass is 10.2. The molecule has 0 saturated carbocycles. The molecule has 2 aromatic rings. The van der Waals surface area contributed by atoms with E-state index in [9.17, 15) is 4.79 Å². The Morgan fingerprint density at radius 3 is 2.52 bits per heavy atom. The number of carbonyl (C=O) groups is 1. The SMILES string of the molecule is O=C(c1cc(N2CCN(C/C=C/c3ccccc3)CC2)ccn1)N1CCOCC1. The Labute approximate surface area is 172 Å². The van der Waals surface area contributed by atoms with Gasteiger partial charge >= 0.3 is 0 Å². The van der Waals surface area contributed by atoms with Gasteiger partial charge in [-0.25, -0.2) is 0 Å². The number of piperazine rings is 1. The summed E-state index contributed by atoms with van der Waals surface area (Å²) < 4.78 is 5.34. The second kappa shape index (κ2) is 9.67. The van der Waals surface area contributed by atoms with Crippen molar-refractivity contribution in [1.82, 2.24) is 14.8 Å². The van der Waals surface area contributed by atoms with Crippen LogP contribution in [0.5, 0.6) is 0 Å². The molecule has 2 fully saturated rings. The van der Waals surface area contributed by atoms with E-state index in [1.165, 1.54) is 5.56 Å². The molecule has 1 aromatic heterocycles. The van der Waals surface area contributed by atoms with Gasteiger partial charge in [0.25, 0.3) is 5.91 Å². The average Bonchev–Trinajstić information content (AvgIpc) is 2.80. The van der Waals surface area contributed by atoms with E-state index in [0.717, 1.165) is 38.4 Å². The quantitative estimate of drug-likeness (QED) is 0.782. The summed E-state index contributed by atoms with van der Waals surface area (Å²) in [5, 5.41) is 0. The van der Waals surface area contributed by atoms with E-state index in [2.05, 4.69) is 51.2 Å². The molecule has 0 aliphatic carbocycles. The van der Waals surface area contributed by atoms with Crippen LogP contribution >= 0.6 is 0 Å². The van der Waals surface area contributed by atoms with Crippen LogP contribution in [0.25, 0.3) is 6.08 Å². The lowest BCUT2D eigenvalue weighted by molar-refractivity contribution is 0.0299. The van der Waals surface area contributed by atoms with Crippen LogP contribution in [-0.4, -0.2) is 79.7 Å². The summed E-state index contributed by atoms with van der Waals surface area (Å²) in [6, 6.07) is 14.3. The molecule has 2 aliphatic rings. The van der Waals surface area contributed by atoms with E-state index >= 15 is 0 Å². The van der Waals surface area contributed by atoms with E-state index in [0.29, 0.717) is 32.0 Å². The summed E-state index contributed by atoms with van der Waals surface area (Å²) in [6.45, 7) is 7.36. The highest BCUT2D eigenvalue weighted by molar-refractivity contribution is 5.93. The van der Waals surface area contributed by atoms with Gasteiger partial charge in [0, 0.05) is 57.7 Å². The standard InChI is InChI=1S/C23H28N4O2/c28-23(27-15-17-29-18-16-27)22-19-21(8-9-24-22)26-13-11-25(12-14-26)10-4-7-20-5-2-1-3-6-20/h1-9,19H,10-18H2/b7-4+. The normalized spacial score (nSPS) is 18.3. The van der Waals surface area contributed by atoms with Gasteiger partial charge in [0.2, 0.25) is 0 Å². The molecule has 0 bridgehead atoms. The van der Waals surface area contributed by atoms with Gasteiger partial charge in [-0.2, -0.15) is 0 Å². The van der Waals surface area contributed by atoms with Gasteiger partial charge < -0.3 is 14.5 Å². The van der Waals surface area contributed by atoms with Crippen LogP contribution in [-0.2, 0) is 4.74 Å². The molecule has 2 saturated heterocycles. The number of pyridine rings is 1. The molecule has 0 spiro atoms. The maximum atomic E-state index is 12.7. The van der Waals surface area contributed by atoms with E-state index in [4.69, 9.17) is 4.74 Å². The van der Waals surface area contributed by atoms with Crippen molar-refractivity contribution < 1.29 is 9.53 Å². The largest absolute Gasteiger partial charge is 0.378 e. The first-order valence-corrected chi connectivity index (χ1v) is 10.3. The number of hydrogen-bond acceptors (Lipinski definition) is 5. The van der Waals surface area contributed by atoms with Crippen LogP contribution in [0, 0.1) is 0 Å². The lowest BCUT2D eigenvalue weighted by Crippen LogP contribution is -2.46. The average molecular weight is 393 g/mol.